The van der Waals surface area contributed by atoms with Crippen LogP contribution in [0.2, 0.25) is 0 Å². The van der Waals surface area contributed by atoms with Crippen LogP contribution >= 0.6 is 0 Å². The molecule has 0 fully saturated rings. The number of hydrogen-bond acceptors (Lipinski definition) is 0. The van der Waals surface area contributed by atoms with Crippen LogP contribution in [0.5, 0.6) is 0 Å². The van der Waals surface area contributed by atoms with Crippen LogP contribution < -0.4 is 0 Å². The second kappa shape index (κ2) is 3.46. The first kappa shape index (κ1) is 10.4. The Morgan fingerprint density at radius 2 is 1.27 bits per heavy atom. The third-order valence-electron chi connectivity index (χ3n) is 2.44. The molecule has 4 nitrogen and oxygen atoms in total. The summed E-state index contributed by atoms with van der Waals surface area (Å²) in [6, 6.07) is 4.24. The van der Waals surface area contributed by atoms with Crippen molar-refractivity contribution < 1.29 is 21.1 Å². The van der Waals surface area contributed by atoms with Gasteiger partial charge in [0.15, 0.2) is 0 Å². The first-order chi connectivity index (χ1) is 6.74. The van der Waals surface area contributed by atoms with Gasteiger partial charge in [-0.05, 0) is 26.7 Å². The smallest absolute Gasteiger partial charge is 0.454 e. The summed E-state index contributed by atoms with van der Waals surface area (Å²) in [4.78, 5) is 0. The van der Waals surface area contributed by atoms with Gasteiger partial charge in [-0.15, -0.1) is 24.5 Å². The van der Waals surface area contributed by atoms with Gasteiger partial charge in [0.05, 0.1) is 0 Å². The van der Waals surface area contributed by atoms with Crippen LogP contribution in [-0.4, -0.2) is 18.5 Å². The maximum Gasteiger partial charge on any atom is 2.00 e. The van der Waals surface area contributed by atoms with E-state index >= 15 is 0 Å². The molecule has 0 N–H and O–H groups in total. The molecule has 0 aromatic heterocycles. The largest absolute Gasteiger partial charge is 2.00 e. The van der Waals surface area contributed by atoms with Crippen LogP contribution in [0.4, 0.5) is 0 Å². The predicted octanol–water partition coefficient (Wildman–Crippen LogP) is 1.38. The number of aryl methyl sites for hydroxylation is 2. The van der Waals surface area contributed by atoms with Crippen LogP contribution in [0.1, 0.15) is 0 Å². The predicted molar refractivity (Wildman–Crippen MR) is 54.2 cm³/mol. The summed E-state index contributed by atoms with van der Waals surface area (Å²) >= 11 is 0. The summed E-state index contributed by atoms with van der Waals surface area (Å²) in [6.45, 7) is 0. The molecule has 15 heavy (non-hydrogen) atoms. The fourth-order valence-electron chi connectivity index (χ4n) is 1.85. The van der Waals surface area contributed by atoms with Gasteiger partial charge in [0.1, 0.15) is 0 Å². The van der Waals surface area contributed by atoms with E-state index in [4.69, 9.17) is 0 Å². The zero-order valence-corrected chi connectivity index (χ0v) is 10.8. The number of nitrogens with zero attached hydrogens (tertiary/aromatic N) is 4. The number of aromatic nitrogens is 4. The van der Waals surface area contributed by atoms with Crippen LogP contribution in [0, 0.1) is 0 Å². The molecule has 3 heterocycles. The maximum absolute atomic E-state index is 2.12. The minimum absolute atomic E-state index is 0. The van der Waals surface area contributed by atoms with Gasteiger partial charge in [0, 0.05) is 0 Å². The third-order valence-corrected chi connectivity index (χ3v) is 2.44. The molecule has 0 amide bonds. The Labute approximate surface area is 102 Å². The number of fused-ring (bicyclic) bond motifs is 3. The van der Waals surface area contributed by atoms with Crippen molar-refractivity contribution in [3.63, 3.8) is 0 Å². The van der Waals surface area contributed by atoms with Gasteiger partial charge in [0.25, 0.3) is 0 Å². The first-order valence-corrected chi connectivity index (χ1v) is 4.58. The Balaban J connectivity index is 0.000000853. The van der Waals surface area contributed by atoms with Gasteiger partial charge in [-0.2, -0.15) is 0 Å². The SMILES string of the molecule is Cn1cc2ccc3cn(C)[cH-]n-3n-2[cH-]1.[Pt+2]. The zero-order valence-electron chi connectivity index (χ0n) is 8.57. The molecule has 0 aliphatic carbocycles. The summed E-state index contributed by atoms with van der Waals surface area (Å²) in [6.07, 6.45) is 8.31. The standard InChI is InChI=1S/C10H12N4.Pt/c1-11-5-9-3-4-10-6-12(2)8-14(10)13(9)7-11;/h3-8H,1-2H3;/q-2;+2. The van der Waals surface area contributed by atoms with E-state index in [1.807, 2.05) is 14.1 Å². The molecule has 0 saturated carbocycles. The number of rotatable bonds is 0. The monoisotopic (exact) mass is 383 g/mol. The molecule has 0 radical (unpaired) electrons. The van der Waals surface area contributed by atoms with Crippen LogP contribution in [-0.2, 0) is 35.2 Å². The molecule has 0 aromatic rings. The Bertz CT molecular complexity index is 490. The Morgan fingerprint density at radius 1 is 0.867 bits per heavy atom. The van der Waals surface area contributed by atoms with Gasteiger partial charge in [-0.3, -0.25) is 0 Å². The van der Waals surface area contributed by atoms with Gasteiger partial charge >= 0.3 is 21.1 Å². The first-order valence-electron chi connectivity index (χ1n) is 4.58. The topological polar surface area (TPSA) is 19.7 Å². The van der Waals surface area contributed by atoms with Gasteiger partial charge in [-0.25, -0.2) is 0 Å². The van der Waals surface area contributed by atoms with E-state index in [0.717, 1.165) is 0 Å². The molecule has 3 aliphatic rings. The Morgan fingerprint density at radius 3 is 1.67 bits per heavy atom. The molecule has 0 bridgehead atoms. The molecule has 3 rings (SSSR count). The van der Waals surface area contributed by atoms with Crippen molar-refractivity contribution in [1.29, 1.82) is 0 Å². The van der Waals surface area contributed by atoms with Gasteiger partial charge in [-0.1, -0.05) is 11.4 Å². The quantitative estimate of drug-likeness (QED) is 0.523. The fourth-order valence-corrected chi connectivity index (χ4v) is 1.85. The van der Waals surface area contributed by atoms with Gasteiger partial charge in [0.2, 0.25) is 0 Å². The molecule has 82 valence electrons. The van der Waals surface area contributed by atoms with Crippen molar-refractivity contribution in [2.75, 3.05) is 0 Å². The number of hydrogen-bond donors (Lipinski definition) is 0. The second-order valence-corrected chi connectivity index (χ2v) is 3.69. The summed E-state index contributed by atoms with van der Waals surface area (Å²) in [5.74, 6) is 0. The van der Waals surface area contributed by atoms with Crippen LogP contribution in [0.3, 0.4) is 0 Å². The van der Waals surface area contributed by atoms with Crippen molar-refractivity contribution >= 4 is 0 Å². The summed E-state index contributed by atoms with van der Waals surface area (Å²) in [5.41, 5.74) is 2.38. The second-order valence-electron chi connectivity index (χ2n) is 3.69. The van der Waals surface area contributed by atoms with E-state index in [0.29, 0.717) is 0 Å². The van der Waals surface area contributed by atoms with Crippen molar-refractivity contribution in [2.45, 2.75) is 0 Å². The van der Waals surface area contributed by atoms with Crippen molar-refractivity contribution in [3.05, 3.63) is 37.2 Å². The zero-order chi connectivity index (χ0) is 9.71. The fraction of sp³-hybridized carbons (Fsp3) is 0.200. The summed E-state index contributed by atoms with van der Waals surface area (Å²) < 4.78 is 8.34. The van der Waals surface area contributed by atoms with E-state index < -0.39 is 0 Å². The van der Waals surface area contributed by atoms with E-state index in [2.05, 4.69) is 55.7 Å². The van der Waals surface area contributed by atoms with E-state index in [1.54, 1.807) is 0 Å². The van der Waals surface area contributed by atoms with Crippen molar-refractivity contribution in [1.82, 2.24) is 18.5 Å². The molecule has 0 unspecified atom stereocenters. The minimum Gasteiger partial charge on any atom is -0.454 e. The third kappa shape index (κ3) is 1.49. The van der Waals surface area contributed by atoms with Crippen molar-refractivity contribution in [3.8, 4) is 11.4 Å². The molecule has 0 spiro atoms. The van der Waals surface area contributed by atoms with E-state index in [1.165, 1.54) is 11.4 Å². The minimum atomic E-state index is 0. The normalized spacial score (nSPS) is 10.8. The summed E-state index contributed by atoms with van der Waals surface area (Å²) in [5, 5.41) is 0. The Kier molecular flexibility index (Phi) is 2.39. The average molecular weight is 383 g/mol. The van der Waals surface area contributed by atoms with E-state index in [9.17, 15) is 0 Å². The molecule has 3 aliphatic heterocycles. The maximum atomic E-state index is 2.12. The van der Waals surface area contributed by atoms with Crippen molar-refractivity contribution in [2.24, 2.45) is 14.1 Å². The summed E-state index contributed by atoms with van der Waals surface area (Å²) in [7, 11) is 4.06. The molecule has 0 aromatic carbocycles. The molecule has 5 heteroatoms. The average Bonchev–Trinajstić information content (AvgIpc) is 2.65. The Hall–Kier alpha value is -1.15. The molecule has 0 saturated heterocycles. The van der Waals surface area contributed by atoms with Gasteiger partial charge < -0.3 is 18.5 Å². The number of imidazole rings is 2. The van der Waals surface area contributed by atoms with Crippen LogP contribution in [0.25, 0.3) is 11.4 Å². The van der Waals surface area contributed by atoms with E-state index in [-0.39, 0.29) is 21.1 Å². The molecular weight excluding hydrogens is 371 g/mol. The molecular formula is C10H12N4Pt. The van der Waals surface area contributed by atoms with Crippen LogP contribution in [0.15, 0.2) is 37.2 Å². The molecule has 0 atom stereocenters.